The number of carbonyl (C=O) groups excluding carboxylic acids is 1. The van der Waals surface area contributed by atoms with E-state index in [1.54, 1.807) is 12.1 Å². The number of carbonyl (C=O) groups is 2. The Hall–Kier alpha value is -0.920. The zero-order chi connectivity index (χ0) is 16.0. The van der Waals surface area contributed by atoms with Crippen molar-refractivity contribution in [2.45, 2.75) is 19.4 Å². The van der Waals surface area contributed by atoms with Crippen LogP contribution in [-0.4, -0.2) is 35.2 Å². The van der Waals surface area contributed by atoms with Gasteiger partial charge in [0, 0.05) is 9.50 Å². The number of amides is 2. The van der Waals surface area contributed by atoms with Crippen LogP contribution in [0.15, 0.2) is 16.6 Å². The molecule has 0 aromatic heterocycles. The molecule has 0 heterocycles. The average molecular weight is 396 g/mol. The van der Waals surface area contributed by atoms with Crippen molar-refractivity contribution in [3.05, 3.63) is 27.2 Å². The number of rotatable bonds is 6. The first-order valence-electron chi connectivity index (χ1n) is 6.10. The number of halogens is 2. The minimum absolute atomic E-state index is 0.361. The number of thioether (sulfide) groups is 1. The molecule has 1 atom stereocenters. The Morgan fingerprint density at radius 3 is 2.71 bits per heavy atom. The standard InChI is InChI=1S/C13H16BrClN2O3S/c1-7-5-8(14)11(6-9(7)15)17-13(20)16-10(12(18)19)3-4-21-2/h5-6,10H,3-4H2,1-2H3,(H,18,19)(H2,16,17,20). The third kappa shape index (κ3) is 5.76. The van der Waals surface area contributed by atoms with Crippen LogP contribution >= 0.6 is 39.3 Å². The molecule has 1 aromatic rings. The van der Waals surface area contributed by atoms with Crippen molar-refractivity contribution in [1.82, 2.24) is 5.32 Å². The molecule has 0 fully saturated rings. The first kappa shape index (κ1) is 18.1. The largest absolute Gasteiger partial charge is 0.480 e. The van der Waals surface area contributed by atoms with Gasteiger partial charge in [-0.05, 0) is 59.0 Å². The SMILES string of the molecule is CSCCC(NC(=O)Nc1cc(Cl)c(C)cc1Br)C(=O)O. The second kappa shape index (κ2) is 8.51. The molecule has 1 unspecified atom stereocenters. The molecule has 0 aliphatic carbocycles. The minimum atomic E-state index is -1.06. The summed E-state index contributed by atoms with van der Waals surface area (Å²) in [6, 6.07) is 1.89. The third-order valence-electron chi connectivity index (χ3n) is 2.71. The summed E-state index contributed by atoms with van der Waals surface area (Å²) >= 11 is 10.9. The Labute approximate surface area is 140 Å². The highest BCUT2D eigenvalue weighted by molar-refractivity contribution is 9.10. The molecule has 5 nitrogen and oxygen atoms in total. The number of carboxylic acids is 1. The Kier molecular flexibility index (Phi) is 7.34. The lowest BCUT2D eigenvalue weighted by Crippen LogP contribution is -2.43. The maximum Gasteiger partial charge on any atom is 0.326 e. The van der Waals surface area contributed by atoms with Crippen LogP contribution < -0.4 is 10.6 Å². The molecule has 2 amide bonds. The number of hydrogen-bond acceptors (Lipinski definition) is 3. The summed E-state index contributed by atoms with van der Waals surface area (Å²) < 4.78 is 0.676. The fourth-order valence-electron chi connectivity index (χ4n) is 1.55. The van der Waals surface area contributed by atoms with Crippen LogP contribution in [0.3, 0.4) is 0 Å². The van der Waals surface area contributed by atoms with E-state index in [0.717, 1.165) is 5.56 Å². The summed E-state index contributed by atoms with van der Waals surface area (Å²) in [7, 11) is 0. The molecule has 0 aliphatic heterocycles. The van der Waals surface area contributed by atoms with Crippen LogP contribution in [0.1, 0.15) is 12.0 Å². The second-order valence-electron chi connectivity index (χ2n) is 4.35. The Bertz CT molecular complexity index is 542. The van der Waals surface area contributed by atoms with Gasteiger partial charge in [0.05, 0.1) is 5.69 Å². The molecule has 1 aromatic carbocycles. The van der Waals surface area contributed by atoms with Gasteiger partial charge >= 0.3 is 12.0 Å². The summed E-state index contributed by atoms with van der Waals surface area (Å²) in [6.07, 6.45) is 2.24. The van der Waals surface area contributed by atoms with Gasteiger partial charge in [0.2, 0.25) is 0 Å². The van der Waals surface area contributed by atoms with Crippen LogP contribution in [-0.2, 0) is 4.79 Å². The predicted molar refractivity (Wildman–Crippen MR) is 90.5 cm³/mol. The van der Waals surface area contributed by atoms with Crippen LogP contribution in [0.2, 0.25) is 5.02 Å². The van der Waals surface area contributed by atoms with Gasteiger partial charge in [-0.15, -0.1) is 0 Å². The second-order valence-corrected chi connectivity index (χ2v) is 6.60. The highest BCUT2D eigenvalue weighted by Crippen LogP contribution is 2.29. The predicted octanol–water partition coefficient (Wildman–Crippen LogP) is 3.74. The monoisotopic (exact) mass is 394 g/mol. The van der Waals surface area contributed by atoms with E-state index in [-0.39, 0.29) is 0 Å². The topological polar surface area (TPSA) is 78.4 Å². The highest BCUT2D eigenvalue weighted by atomic mass is 79.9. The van der Waals surface area contributed by atoms with Gasteiger partial charge in [0.15, 0.2) is 0 Å². The van der Waals surface area contributed by atoms with Crippen LogP contribution in [0, 0.1) is 6.92 Å². The molecule has 1 rings (SSSR count). The number of aryl methyl sites for hydroxylation is 1. The number of hydrogen-bond donors (Lipinski definition) is 3. The van der Waals surface area contributed by atoms with Crippen molar-refractivity contribution >= 4 is 57.0 Å². The molecule has 0 spiro atoms. The molecule has 0 aliphatic rings. The molecule has 0 bridgehead atoms. The van der Waals surface area contributed by atoms with Crippen molar-refractivity contribution in [2.75, 3.05) is 17.3 Å². The summed E-state index contributed by atoms with van der Waals surface area (Å²) in [6.45, 7) is 1.85. The minimum Gasteiger partial charge on any atom is -0.480 e. The first-order valence-corrected chi connectivity index (χ1v) is 8.66. The molecule has 116 valence electrons. The number of urea groups is 1. The van der Waals surface area contributed by atoms with E-state index in [0.29, 0.717) is 27.4 Å². The Morgan fingerprint density at radius 1 is 1.48 bits per heavy atom. The number of nitrogens with one attached hydrogen (secondary N) is 2. The smallest absolute Gasteiger partial charge is 0.326 e. The highest BCUT2D eigenvalue weighted by Gasteiger charge is 2.19. The Balaban J connectivity index is 2.72. The molecular weight excluding hydrogens is 380 g/mol. The van der Waals surface area contributed by atoms with E-state index in [1.807, 2.05) is 13.2 Å². The maximum absolute atomic E-state index is 11.9. The van der Waals surface area contributed by atoms with Crippen molar-refractivity contribution in [2.24, 2.45) is 0 Å². The lowest BCUT2D eigenvalue weighted by atomic mass is 10.2. The van der Waals surface area contributed by atoms with Crippen molar-refractivity contribution < 1.29 is 14.7 Å². The summed E-state index contributed by atoms with van der Waals surface area (Å²) in [4.78, 5) is 23.0. The molecule has 8 heteroatoms. The van der Waals surface area contributed by atoms with Gasteiger partial charge < -0.3 is 15.7 Å². The average Bonchev–Trinajstić information content (AvgIpc) is 2.40. The first-order chi connectivity index (χ1) is 9.85. The molecular formula is C13H16BrClN2O3S. The van der Waals surface area contributed by atoms with Gasteiger partial charge in [-0.2, -0.15) is 11.8 Å². The lowest BCUT2D eigenvalue weighted by Gasteiger charge is -2.15. The number of aliphatic carboxylic acids is 1. The van der Waals surface area contributed by atoms with Crippen LogP contribution in [0.5, 0.6) is 0 Å². The molecule has 21 heavy (non-hydrogen) atoms. The van der Waals surface area contributed by atoms with Gasteiger partial charge in [0.25, 0.3) is 0 Å². The van der Waals surface area contributed by atoms with Gasteiger partial charge in [-0.3, -0.25) is 0 Å². The fourth-order valence-corrected chi connectivity index (χ4v) is 2.74. The summed E-state index contributed by atoms with van der Waals surface area (Å²) in [5.41, 5.74) is 1.36. The van der Waals surface area contributed by atoms with E-state index in [2.05, 4.69) is 26.6 Å². The van der Waals surface area contributed by atoms with Crippen LogP contribution in [0.4, 0.5) is 10.5 Å². The molecule has 3 N–H and O–H groups in total. The van der Waals surface area contributed by atoms with Crippen LogP contribution in [0.25, 0.3) is 0 Å². The Morgan fingerprint density at radius 2 is 2.14 bits per heavy atom. The van der Waals surface area contributed by atoms with E-state index < -0.39 is 18.0 Å². The van der Waals surface area contributed by atoms with Gasteiger partial charge in [-0.1, -0.05) is 11.6 Å². The fraction of sp³-hybridized carbons (Fsp3) is 0.385. The zero-order valence-electron chi connectivity index (χ0n) is 11.6. The van der Waals surface area contributed by atoms with E-state index in [1.165, 1.54) is 11.8 Å². The van der Waals surface area contributed by atoms with Crippen molar-refractivity contribution in [3.63, 3.8) is 0 Å². The summed E-state index contributed by atoms with van der Waals surface area (Å²) in [5.74, 6) is -0.405. The molecule has 0 radical (unpaired) electrons. The number of benzene rings is 1. The quantitative estimate of drug-likeness (QED) is 0.685. The maximum atomic E-state index is 11.9. The number of carboxylic acid groups (broad SMARTS) is 1. The number of anilines is 1. The van der Waals surface area contributed by atoms with Gasteiger partial charge in [0.1, 0.15) is 6.04 Å². The van der Waals surface area contributed by atoms with E-state index in [4.69, 9.17) is 16.7 Å². The van der Waals surface area contributed by atoms with E-state index in [9.17, 15) is 9.59 Å². The van der Waals surface area contributed by atoms with Crippen molar-refractivity contribution in [3.8, 4) is 0 Å². The normalized spacial score (nSPS) is 11.8. The van der Waals surface area contributed by atoms with Crippen molar-refractivity contribution in [1.29, 1.82) is 0 Å². The molecule has 0 saturated heterocycles. The zero-order valence-corrected chi connectivity index (χ0v) is 14.7. The lowest BCUT2D eigenvalue weighted by molar-refractivity contribution is -0.139. The summed E-state index contributed by atoms with van der Waals surface area (Å²) in [5, 5.41) is 14.6. The van der Waals surface area contributed by atoms with Gasteiger partial charge in [-0.25, -0.2) is 9.59 Å². The van der Waals surface area contributed by atoms with E-state index >= 15 is 0 Å². The molecule has 0 saturated carbocycles. The third-order valence-corrected chi connectivity index (χ3v) is 4.42.